The molecule has 4 atom stereocenters. The summed E-state index contributed by atoms with van der Waals surface area (Å²) in [4.78, 5) is 34.4. The largest absolute Gasteiger partial charge is 0.465 e. The predicted molar refractivity (Wildman–Crippen MR) is 85.3 cm³/mol. The van der Waals surface area contributed by atoms with Gasteiger partial charge in [-0.05, 0) is 20.8 Å². The third-order valence-electron chi connectivity index (χ3n) is 2.82. The van der Waals surface area contributed by atoms with E-state index in [0.717, 1.165) is 0 Å². The fourth-order valence-corrected chi connectivity index (χ4v) is 1.74. The van der Waals surface area contributed by atoms with Crippen LogP contribution in [0.15, 0.2) is 0 Å². The Morgan fingerprint density at radius 1 is 0.760 bits per heavy atom. The molecule has 3 N–H and O–H groups in total. The summed E-state index contributed by atoms with van der Waals surface area (Å²) in [7, 11) is 0. The zero-order valence-corrected chi connectivity index (χ0v) is 14.8. The average Bonchev–Trinajstić information content (AvgIpc) is 2.41. The highest BCUT2D eigenvalue weighted by Crippen LogP contribution is 2.06. The molecule has 9 heteroatoms. The molecule has 0 amide bonds. The van der Waals surface area contributed by atoms with Crippen LogP contribution in [0.4, 0.5) is 0 Å². The summed E-state index contributed by atoms with van der Waals surface area (Å²) < 4.78 is 14.9. The van der Waals surface area contributed by atoms with Gasteiger partial charge in [-0.1, -0.05) is 0 Å². The van der Waals surface area contributed by atoms with Gasteiger partial charge in [0.15, 0.2) is 0 Å². The number of hydrogen-bond donors (Lipinski definition) is 3. The molecule has 0 aromatic carbocycles. The molecule has 0 aliphatic carbocycles. The molecule has 0 bridgehead atoms. The van der Waals surface area contributed by atoms with E-state index in [1.807, 2.05) is 0 Å². The molecular formula is C16H28O9. The zero-order chi connectivity index (χ0) is 19.4. The molecule has 146 valence electrons. The van der Waals surface area contributed by atoms with E-state index < -0.39 is 42.3 Å². The molecule has 0 fully saturated rings. The second-order valence-corrected chi connectivity index (χ2v) is 5.96. The van der Waals surface area contributed by atoms with Crippen LogP contribution in [0, 0.1) is 0 Å². The van der Waals surface area contributed by atoms with Gasteiger partial charge in [0.05, 0.1) is 44.2 Å². The van der Waals surface area contributed by atoms with E-state index in [4.69, 9.17) is 24.4 Å². The molecule has 0 heterocycles. The van der Waals surface area contributed by atoms with Crippen molar-refractivity contribution in [2.24, 2.45) is 0 Å². The van der Waals surface area contributed by atoms with Crippen LogP contribution in [0.25, 0.3) is 0 Å². The van der Waals surface area contributed by atoms with E-state index in [1.165, 1.54) is 20.8 Å². The van der Waals surface area contributed by atoms with E-state index in [1.54, 1.807) is 0 Å². The van der Waals surface area contributed by atoms with Crippen LogP contribution in [0.5, 0.6) is 0 Å². The second-order valence-electron chi connectivity index (χ2n) is 5.96. The highest BCUT2D eigenvalue weighted by Gasteiger charge is 2.20. The monoisotopic (exact) mass is 364 g/mol. The lowest BCUT2D eigenvalue weighted by atomic mass is 10.2. The van der Waals surface area contributed by atoms with Crippen molar-refractivity contribution in [2.75, 3.05) is 13.2 Å². The zero-order valence-electron chi connectivity index (χ0n) is 14.8. The lowest BCUT2D eigenvalue weighted by molar-refractivity contribution is -0.163. The third kappa shape index (κ3) is 14.3. The maximum atomic E-state index is 11.6. The van der Waals surface area contributed by atoms with Gasteiger partial charge in [0.1, 0.15) is 12.7 Å². The number of carbonyl (C=O) groups excluding carboxylic acids is 3. The molecule has 9 nitrogen and oxygen atoms in total. The lowest BCUT2D eigenvalue weighted by Gasteiger charge is -2.19. The molecule has 25 heavy (non-hydrogen) atoms. The van der Waals surface area contributed by atoms with Crippen molar-refractivity contribution in [3.63, 3.8) is 0 Å². The number of rotatable bonds is 12. The molecule has 0 aliphatic rings. The van der Waals surface area contributed by atoms with E-state index in [0.29, 0.717) is 0 Å². The SMILES string of the molecule is CC(O)CC(=O)OCCC(COC(=O)CC(C)O)OC(=O)CC(C)O. The number of ether oxygens (including phenoxy) is 3. The van der Waals surface area contributed by atoms with Crippen molar-refractivity contribution in [1.29, 1.82) is 0 Å². The number of hydrogen-bond acceptors (Lipinski definition) is 9. The molecule has 0 spiro atoms. The topological polar surface area (TPSA) is 140 Å². The highest BCUT2D eigenvalue weighted by molar-refractivity contribution is 5.71. The first-order chi connectivity index (χ1) is 11.6. The molecular weight excluding hydrogens is 336 g/mol. The van der Waals surface area contributed by atoms with Crippen LogP contribution in [0.1, 0.15) is 46.5 Å². The standard InChI is InChI=1S/C16H28O9/c1-10(17)6-14(20)23-5-4-13(25-16(22)8-12(3)19)9-24-15(21)7-11(2)18/h10-13,17-19H,4-9H2,1-3H3. The normalized spacial score (nSPS) is 15.6. The van der Waals surface area contributed by atoms with Crippen molar-refractivity contribution in [3.05, 3.63) is 0 Å². The fraction of sp³-hybridized carbons (Fsp3) is 0.812. The quantitative estimate of drug-likeness (QED) is 0.314. The van der Waals surface area contributed by atoms with Gasteiger partial charge in [-0.3, -0.25) is 14.4 Å². The molecule has 0 saturated heterocycles. The smallest absolute Gasteiger partial charge is 0.308 e. The maximum Gasteiger partial charge on any atom is 0.308 e. The Morgan fingerprint density at radius 3 is 1.68 bits per heavy atom. The van der Waals surface area contributed by atoms with Crippen molar-refractivity contribution < 1.29 is 43.9 Å². The first kappa shape index (κ1) is 23.3. The van der Waals surface area contributed by atoms with Gasteiger partial charge in [-0.25, -0.2) is 0 Å². The van der Waals surface area contributed by atoms with Crippen molar-refractivity contribution >= 4 is 17.9 Å². The number of aliphatic hydroxyl groups is 3. The summed E-state index contributed by atoms with van der Waals surface area (Å²) in [5, 5.41) is 27.4. The fourth-order valence-electron chi connectivity index (χ4n) is 1.74. The van der Waals surface area contributed by atoms with E-state index in [9.17, 15) is 19.5 Å². The molecule has 4 unspecified atom stereocenters. The Bertz CT molecular complexity index is 418. The van der Waals surface area contributed by atoms with Gasteiger partial charge in [0.2, 0.25) is 0 Å². The molecule has 0 aromatic rings. The van der Waals surface area contributed by atoms with Crippen LogP contribution < -0.4 is 0 Å². The summed E-state index contributed by atoms with van der Waals surface area (Å²) in [6.45, 7) is 3.96. The average molecular weight is 364 g/mol. The number of carbonyl (C=O) groups is 3. The van der Waals surface area contributed by atoms with Gasteiger partial charge in [-0.2, -0.15) is 0 Å². The second kappa shape index (κ2) is 12.6. The van der Waals surface area contributed by atoms with Crippen molar-refractivity contribution in [1.82, 2.24) is 0 Å². The first-order valence-corrected chi connectivity index (χ1v) is 8.15. The minimum atomic E-state index is -0.880. The number of esters is 3. The van der Waals surface area contributed by atoms with Crippen LogP contribution in [-0.2, 0) is 28.6 Å². The van der Waals surface area contributed by atoms with Crippen molar-refractivity contribution in [3.8, 4) is 0 Å². The lowest BCUT2D eigenvalue weighted by Crippen LogP contribution is -2.29. The van der Waals surface area contributed by atoms with Gasteiger partial charge >= 0.3 is 17.9 Å². The van der Waals surface area contributed by atoms with Gasteiger partial charge < -0.3 is 29.5 Å². The molecule has 0 rings (SSSR count). The Morgan fingerprint density at radius 2 is 1.20 bits per heavy atom. The van der Waals surface area contributed by atoms with Crippen LogP contribution in [0.2, 0.25) is 0 Å². The number of aliphatic hydroxyl groups excluding tert-OH is 3. The summed E-state index contributed by atoms with van der Waals surface area (Å²) >= 11 is 0. The summed E-state index contributed by atoms with van der Waals surface area (Å²) in [6.07, 6.45) is -3.91. The third-order valence-corrected chi connectivity index (χ3v) is 2.82. The van der Waals surface area contributed by atoms with Gasteiger partial charge in [0.25, 0.3) is 0 Å². The summed E-state index contributed by atoms with van der Waals surface area (Å²) in [5.74, 6) is -1.94. The van der Waals surface area contributed by atoms with E-state index in [-0.39, 0.29) is 38.9 Å². The molecule has 0 saturated carbocycles. The van der Waals surface area contributed by atoms with Crippen LogP contribution in [0.3, 0.4) is 0 Å². The Kier molecular flexibility index (Phi) is 11.8. The Hall–Kier alpha value is -1.71. The molecule has 0 aliphatic heterocycles. The Balaban J connectivity index is 4.43. The Labute approximate surface area is 146 Å². The minimum absolute atomic E-state index is 0.0824. The van der Waals surface area contributed by atoms with Crippen molar-refractivity contribution in [2.45, 2.75) is 70.9 Å². The van der Waals surface area contributed by atoms with Crippen LogP contribution in [-0.4, -0.2) is 70.9 Å². The molecule has 0 radical (unpaired) electrons. The van der Waals surface area contributed by atoms with E-state index in [2.05, 4.69) is 0 Å². The highest BCUT2D eigenvalue weighted by atomic mass is 16.6. The predicted octanol–water partition coefficient (Wildman–Crippen LogP) is -0.313. The summed E-state index contributed by atoms with van der Waals surface area (Å²) in [6, 6.07) is 0. The summed E-state index contributed by atoms with van der Waals surface area (Å²) in [5.41, 5.74) is 0. The van der Waals surface area contributed by atoms with Gasteiger partial charge in [0, 0.05) is 6.42 Å². The van der Waals surface area contributed by atoms with Crippen LogP contribution >= 0.6 is 0 Å². The molecule has 0 aromatic heterocycles. The minimum Gasteiger partial charge on any atom is -0.465 e. The first-order valence-electron chi connectivity index (χ1n) is 8.15. The van der Waals surface area contributed by atoms with E-state index >= 15 is 0 Å². The maximum absolute atomic E-state index is 11.6. The van der Waals surface area contributed by atoms with Gasteiger partial charge in [-0.15, -0.1) is 0 Å².